The summed E-state index contributed by atoms with van der Waals surface area (Å²) in [5.41, 5.74) is 7.86. The van der Waals surface area contributed by atoms with Crippen molar-refractivity contribution in [2.24, 2.45) is 0 Å². The fourth-order valence-electron chi connectivity index (χ4n) is 4.81. The number of hydrogen-bond donors (Lipinski definition) is 1. The fraction of sp³-hybridized carbons (Fsp3) is 0.121. The molecule has 36 heavy (non-hydrogen) atoms. The van der Waals surface area contributed by atoms with Crippen molar-refractivity contribution in [1.82, 2.24) is 4.98 Å². The summed E-state index contributed by atoms with van der Waals surface area (Å²) < 4.78 is 1.16. The molecule has 176 valence electrons. The molecule has 0 saturated carbocycles. The molecule has 6 aromatic rings. The lowest BCUT2D eigenvalue weighted by atomic mass is 9.96. The van der Waals surface area contributed by atoms with Gasteiger partial charge in [-0.3, -0.25) is 0 Å². The van der Waals surface area contributed by atoms with Gasteiger partial charge in [-0.25, -0.2) is 4.98 Å². The summed E-state index contributed by atoms with van der Waals surface area (Å²) in [6.45, 7) is 2.23. The number of fused-ring (bicyclic) bond motifs is 2. The van der Waals surface area contributed by atoms with Crippen LogP contribution >= 0.6 is 11.3 Å². The number of phenols is 1. The first kappa shape index (κ1) is 22.5. The summed E-state index contributed by atoms with van der Waals surface area (Å²) in [4.78, 5) is 5.01. The Bertz CT molecular complexity index is 1680. The number of aryl methyl sites for hydroxylation is 1. The molecule has 3 heteroatoms. The second kappa shape index (κ2) is 9.60. The van der Waals surface area contributed by atoms with Crippen LogP contribution in [0.25, 0.3) is 53.8 Å². The molecule has 0 aliphatic rings. The Morgan fingerprint density at radius 3 is 2.22 bits per heavy atom. The van der Waals surface area contributed by atoms with E-state index >= 15 is 0 Å². The molecule has 0 fully saturated rings. The van der Waals surface area contributed by atoms with Crippen LogP contribution in [0.4, 0.5) is 0 Å². The van der Waals surface area contributed by atoms with Gasteiger partial charge in [-0.05, 0) is 76.2 Å². The molecule has 0 atom stereocenters. The Hall–Kier alpha value is -3.95. The van der Waals surface area contributed by atoms with Crippen molar-refractivity contribution in [3.05, 3.63) is 109 Å². The first-order valence-electron chi connectivity index (χ1n) is 12.5. The van der Waals surface area contributed by atoms with Crippen molar-refractivity contribution in [3.63, 3.8) is 0 Å². The summed E-state index contributed by atoms with van der Waals surface area (Å²) in [5, 5.41) is 13.8. The van der Waals surface area contributed by atoms with Crippen molar-refractivity contribution in [1.29, 1.82) is 0 Å². The van der Waals surface area contributed by atoms with Crippen molar-refractivity contribution < 1.29 is 5.11 Å². The van der Waals surface area contributed by atoms with E-state index < -0.39 is 0 Å². The number of unbranched alkanes of at least 4 members (excludes halogenated alkanes) is 1. The minimum Gasteiger partial charge on any atom is -0.507 e. The Kier molecular flexibility index (Phi) is 6.00. The predicted molar refractivity (Wildman–Crippen MR) is 154 cm³/mol. The normalized spacial score (nSPS) is 11.4. The van der Waals surface area contributed by atoms with Crippen LogP contribution in [-0.4, -0.2) is 10.1 Å². The van der Waals surface area contributed by atoms with E-state index in [0.717, 1.165) is 44.8 Å². The fourth-order valence-corrected chi connectivity index (χ4v) is 5.90. The van der Waals surface area contributed by atoms with Gasteiger partial charge in [-0.15, -0.1) is 11.3 Å². The average molecular weight is 486 g/mol. The van der Waals surface area contributed by atoms with E-state index in [-0.39, 0.29) is 5.75 Å². The zero-order valence-corrected chi connectivity index (χ0v) is 21.1. The van der Waals surface area contributed by atoms with Gasteiger partial charge < -0.3 is 5.11 Å². The second-order valence-electron chi connectivity index (χ2n) is 9.27. The zero-order valence-electron chi connectivity index (χ0n) is 20.2. The van der Waals surface area contributed by atoms with E-state index in [4.69, 9.17) is 4.98 Å². The number of benzene rings is 5. The van der Waals surface area contributed by atoms with Crippen LogP contribution in [0.2, 0.25) is 0 Å². The maximum atomic E-state index is 10.4. The molecule has 5 aromatic carbocycles. The molecular formula is C33H27NOS. The van der Waals surface area contributed by atoms with Gasteiger partial charge in [0.05, 0.1) is 15.8 Å². The molecule has 0 saturated heterocycles. The van der Waals surface area contributed by atoms with Crippen LogP contribution < -0.4 is 0 Å². The Morgan fingerprint density at radius 2 is 1.42 bits per heavy atom. The number of hydrogen-bond acceptors (Lipinski definition) is 3. The monoisotopic (exact) mass is 485 g/mol. The van der Waals surface area contributed by atoms with Crippen LogP contribution in [0.15, 0.2) is 103 Å². The van der Waals surface area contributed by atoms with Crippen molar-refractivity contribution >= 4 is 32.3 Å². The summed E-state index contributed by atoms with van der Waals surface area (Å²) in [6, 6.07) is 36.0. The maximum Gasteiger partial charge on any atom is 0.128 e. The van der Waals surface area contributed by atoms with Gasteiger partial charge >= 0.3 is 0 Å². The molecule has 2 nitrogen and oxygen atoms in total. The highest BCUT2D eigenvalue weighted by molar-refractivity contribution is 7.21. The molecule has 1 heterocycles. The highest BCUT2D eigenvalue weighted by Crippen LogP contribution is 2.40. The SMILES string of the molecule is CCCCc1cc(-c2ccc(-c3ccc4ccccc4c3)cc2)c2nc(-c3ccccc3O)sc2c1. The quantitative estimate of drug-likeness (QED) is 0.255. The molecule has 0 radical (unpaired) electrons. The standard InChI is InChI=1S/C33H27NOS/c1-2-3-8-22-19-29(32-31(20-22)36-33(34-32)28-11-6-7-12-30(28)35)25-16-13-24(14-17-25)27-18-15-23-9-4-5-10-26(23)21-27/h4-7,9-21,35H,2-3,8H2,1H3. The van der Waals surface area contributed by atoms with Crippen LogP contribution in [-0.2, 0) is 6.42 Å². The Morgan fingerprint density at radius 1 is 0.694 bits per heavy atom. The molecule has 0 bridgehead atoms. The van der Waals surface area contributed by atoms with E-state index in [9.17, 15) is 5.11 Å². The molecule has 0 aliphatic heterocycles. The van der Waals surface area contributed by atoms with Crippen LogP contribution in [0, 0.1) is 0 Å². The van der Waals surface area contributed by atoms with Crippen molar-refractivity contribution in [2.75, 3.05) is 0 Å². The van der Waals surface area contributed by atoms with E-state index in [1.165, 1.54) is 33.9 Å². The number of rotatable bonds is 6. The molecule has 1 aromatic heterocycles. The van der Waals surface area contributed by atoms with Gasteiger partial charge in [-0.2, -0.15) is 0 Å². The zero-order chi connectivity index (χ0) is 24.5. The van der Waals surface area contributed by atoms with Gasteiger partial charge in [0.1, 0.15) is 10.8 Å². The van der Waals surface area contributed by atoms with Crippen LogP contribution in [0.3, 0.4) is 0 Å². The number of aromatic nitrogens is 1. The van der Waals surface area contributed by atoms with Gasteiger partial charge in [0.2, 0.25) is 0 Å². The first-order chi connectivity index (χ1) is 17.7. The third kappa shape index (κ3) is 4.27. The number of nitrogens with zero attached hydrogens (tertiary/aromatic N) is 1. The summed E-state index contributed by atoms with van der Waals surface area (Å²) >= 11 is 1.65. The van der Waals surface area contributed by atoms with Gasteiger partial charge in [0, 0.05) is 5.56 Å². The van der Waals surface area contributed by atoms with Gasteiger partial charge in [0.25, 0.3) is 0 Å². The minimum absolute atomic E-state index is 0.268. The lowest BCUT2D eigenvalue weighted by Crippen LogP contribution is -1.89. The highest BCUT2D eigenvalue weighted by Gasteiger charge is 2.15. The molecule has 0 aliphatic carbocycles. The van der Waals surface area contributed by atoms with E-state index in [1.807, 2.05) is 18.2 Å². The number of aromatic hydroxyl groups is 1. The third-order valence-corrected chi connectivity index (χ3v) is 7.82. The maximum absolute atomic E-state index is 10.4. The van der Waals surface area contributed by atoms with Crippen molar-refractivity contribution in [2.45, 2.75) is 26.2 Å². The van der Waals surface area contributed by atoms with Crippen molar-refractivity contribution in [3.8, 4) is 38.6 Å². The van der Waals surface area contributed by atoms with Gasteiger partial charge in [-0.1, -0.05) is 86.1 Å². The molecular weight excluding hydrogens is 458 g/mol. The molecule has 0 unspecified atom stereocenters. The van der Waals surface area contributed by atoms with E-state index in [1.54, 1.807) is 17.4 Å². The molecule has 6 rings (SSSR count). The summed E-state index contributed by atoms with van der Waals surface area (Å²) in [7, 11) is 0. The predicted octanol–water partition coefficient (Wildman–Crippen LogP) is 9.50. The molecule has 0 amide bonds. The lowest BCUT2D eigenvalue weighted by molar-refractivity contribution is 0.477. The number of phenolic OH excluding ortho intramolecular Hbond substituents is 1. The Labute approximate surface area is 215 Å². The van der Waals surface area contributed by atoms with E-state index in [0.29, 0.717) is 0 Å². The minimum atomic E-state index is 0.268. The number of para-hydroxylation sites is 1. The van der Waals surface area contributed by atoms with Crippen LogP contribution in [0.1, 0.15) is 25.3 Å². The summed E-state index contributed by atoms with van der Waals surface area (Å²) in [5.74, 6) is 0.268. The molecule has 1 N–H and O–H groups in total. The topological polar surface area (TPSA) is 33.1 Å². The largest absolute Gasteiger partial charge is 0.507 e. The first-order valence-corrected chi connectivity index (χ1v) is 13.3. The number of thiazole rings is 1. The summed E-state index contributed by atoms with van der Waals surface area (Å²) in [6.07, 6.45) is 3.38. The third-order valence-electron chi connectivity index (χ3n) is 6.79. The second-order valence-corrected chi connectivity index (χ2v) is 10.3. The highest BCUT2D eigenvalue weighted by atomic mass is 32.1. The average Bonchev–Trinajstić information content (AvgIpc) is 3.35. The van der Waals surface area contributed by atoms with Gasteiger partial charge in [0.15, 0.2) is 0 Å². The van der Waals surface area contributed by atoms with Crippen LogP contribution in [0.5, 0.6) is 5.75 Å². The smallest absolute Gasteiger partial charge is 0.128 e. The lowest BCUT2D eigenvalue weighted by Gasteiger charge is -2.09. The molecule has 0 spiro atoms. The van der Waals surface area contributed by atoms with E-state index in [2.05, 4.69) is 85.8 Å². The Balaban J connectivity index is 1.43.